The van der Waals surface area contributed by atoms with Crippen LogP contribution in [-0.4, -0.2) is 104 Å². The number of ether oxygens (including phenoxy) is 2. The minimum Gasteiger partial charge on any atom is -0.462 e. The van der Waals surface area contributed by atoms with Crippen molar-refractivity contribution in [3.05, 3.63) is 36.0 Å². The molecule has 1 aromatic carbocycles. The van der Waals surface area contributed by atoms with E-state index in [1.165, 1.54) is 51.9 Å². The van der Waals surface area contributed by atoms with Crippen molar-refractivity contribution in [1.82, 2.24) is 26.3 Å². The van der Waals surface area contributed by atoms with Gasteiger partial charge in [-0.05, 0) is 43.2 Å². The van der Waals surface area contributed by atoms with E-state index in [0.29, 0.717) is 25.7 Å². The van der Waals surface area contributed by atoms with Gasteiger partial charge in [-0.2, -0.15) is 8.42 Å². The number of rotatable bonds is 41. The minimum atomic E-state index is -5.01. The summed E-state index contributed by atoms with van der Waals surface area (Å²) in [5, 5.41) is 11.5. The van der Waals surface area contributed by atoms with Crippen molar-refractivity contribution in [1.29, 1.82) is 0 Å². The number of benzene rings is 1. The van der Waals surface area contributed by atoms with Crippen molar-refractivity contribution in [2.45, 2.75) is 207 Å². The second-order valence-corrected chi connectivity index (χ2v) is 19.5. The lowest BCUT2D eigenvalue weighted by molar-refractivity contribution is -0.147. The molecule has 0 bridgehead atoms. The van der Waals surface area contributed by atoms with Gasteiger partial charge in [0.15, 0.2) is 5.78 Å². The van der Waals surface area contributed by atoms with Crippen LogP contribution in [0.2, 0.25) is 0 Å². The standard InChI is InChI=1S/C51H85N5O12S/c1-6-9-11-13-14-15-16-17-18-20-22-28-47(59)54-41(36-66-32-31-42(68-39(5)57)25-21-19-12-10-7-2)29-30-46(58)45(37-67-69(63,64)65)55-49(61)35-53-51(62)50(38(4)8-3)56-48(60)33-40-34-52-44-27-24-23-26-43(40)44/h23-24,26-27,34,38,41-42,45,50,52H,6-22,25,28-33,35-37H2,1-5H3,(H,53,62)(H,54,59)(H,55,61)(H,56,60)(H,63,64,65)/t38-,41-,42+,45-,50-/m0/s1. The van der Waals surface area contributed by atoms with E-state index in [4.69, 9.17) is 9.47 Å². The molecule has 2 aromatic rings. The molecule has 0 aliphatic rings. The Hall–Kier alpha value is -4.39. The van der Waals surface area contributed by atoms with Gasteiger partial charge in [-0.15, -0.1) is 0 Å². The number of aromatic amines is 1. The molecule has 0 unspecified atom stereocenters. The summed E-state index contributed by atoms with van der Waals surface area (Å²) in [6.07, 6.45) is 21.0. The SMILES string of the molecule is CCCCCCCCCCCCCC(=O)N[C@@H](CCC(=O)[C@H](COS(=O)(=O)O)NC(=O)CNC(=O)[C@@H](NC(=O)Cc1c[nH]c2ccccc12)[C@@H](C)CC)COCC[C@@H](CCCCCCC)OC(C)=O. The van der Waals surface area contributed by atoms with Crippen LogP contribution in [0.25, 0.3) is 10.9 Å². The normalized spacial score (nSPS) is 13.8. The van der Waals surface area contributed by atoms with Gasteiger partial charge in [0, 0.05) is 43.3 Å². The lowest BCUT2D eigenvalue weighted by Crippen LogP contribution is -2.53. The highest BCUT2D eigenvalue weighted by molar-refractivity contribution is 7.80. The predicted octanol–water partition coefficient (Wildman–Crippen LogP) is 7.90. The molecule has 1 heterocycles. The first-order valence-corrected chi connectivity index (χ1v) is 27.0. The number of unbranched alkanes of at least 4 members (excludes halogenated alkanes) is 14. The van der Waals surface area contributed by atoms with Crippen LogP contribution >= 0.6 is 0 Å². The Kier molecular flexibility index (Phi) is 31.4. The van der Waals surface area contributed by atoms with E-state index in [2.05, 4.69) is 44.3 Å². The van der Waals surface area contributed by atoms with E-state index in [1.807, 2.05) is 31.2 Å². The number of carbonyl (C=O) groups excluding carboxylic acids is 6. The summed E-state index contributed by atoms with van der Waals surface area (Å²) in [5.41, 5.74) is 1.62. The van der Waals surface area contributed by atoms with Crippen molar-refractivity contribution < 1.29 is 55.4 Å². The summed E-state index contributed by atoms with van der Waals surface area (Å²) >= 11 is 0. The number of ketones is 1. The van der Waals surface area contributed by atoms with E-state index in [0.717, 1.165) is 67.8 Å². The maximum absolute atomic E-state index is 13.7. The number of H-pyrrole nitrogens is 1. The van der Waals surface area contributed by atoms with Crippen LogP contribution in [0.3, 0.4) is 0 Å². The second-order valence-electron chi connectivity index (χ2n) is 18.4. The quantitative estimate of drug-likeness (QED) is 0.0211. The van der Waals surface area contributed by atoms with Crippen molar-refractivity contribution in [3.8, 4) is 0 Å². The lowest BCUT2D eigenvalue weighted by Gasteiger charge is -2.24. The van der Waals surface area contributed by atoms with Crippen LogP contribution < -0.4 is 21.3 Å². The van der Waals surface area contributed by atoms with Crippen LogP contribution in [0.1, 0.15) is 181 Å². The van der Waals surface area contributed by atoms with Crippen LogP contribution in [0.4, 0.5) is 0 Å². The largest absolute Gasteiger partial charge is 0.462 e. The molecule has 2 rings (SSSR count). The monoisotopic (exact) mass is 992 g/mol. The summed E-state index contributed by atoms with van der Waals surface area (Å²) in [4.78, 5) is 81.5. The molecular weight excluding hydrogens is 907 g/mol. The molecule has 392 valence electrons. The summed E-state index contributed by atoms with van der Waals surface area (Å²) in [6.45, 7) is 8.06. The number of esters is 1. The predicted molar refractivity (Wildman–Crippen MR) is 267 cm³/mol. The zero-order valence-electron chi connectivity index (χ0n) is 42.2. The Labute approximate surface area is 411 Å². The van der Waals surface area contributed by atoms with Gasteiger partial charge < -0.3 is 35.7 Å². The highest BCUT2D eigenvalue weighted by atomic mass is 32.3. The van der Waals surface area contributed by atoms with E-state index < -0.39 is 65.2 Å². The number of hydrogen-bond acceptors (Lipinski definition) is 11. The second kappa shape index (κ2) is 35.7. The molecule has 0 spiro atoms. The lowest BCUT2D eigenvalue weighted by atomic mass is 9.97. The van der Waals surface area contributed by atoms with Gasteiger partial charge in [0.1, 0.15) is 18.2 Å². The Balaban J connectivity index is 2.05. The Morgan fingerprint density at radius 2 is 1.33 bits per heavy atom. The van der Waals surface area contributed by atoms with Gasteiger partial charge in [0.25, 0.3) is 0 Å². The molecule has 69 heavy (non-hydrogen) atoms. The average molecular weight is 992 g/mol. The molecule has 0 saturated heterocycles. The van der Waals surface area contributed by atoms with E-state index in [-0.39, 0.29) is 62.8 Å². The topological polar surface area (TPSA) is 248 Å². The van der Waals surface area contributed by atoms with Gasteiger partial charge in [0.05, 0.1) is 38.8 Å². The highest BCUT2D eigenvalue weighted by Crippen LogP contribution is 2.19. The van der Waals surface area contributed by atoms with Gasteiger partial charge >= 0.3 is 16.4 Å². The van der Waals surface area contributed by atoms with Gasteiger partial charge in [-0.1, -0.05) is 142 Å². The molecule has 6 N–H and O–H groups in total. The molecule has 5 atom stereocenters. The Bertz CT molecular complexity index is 1920. The Morgan fingerprint density at radius 3 is 1.96 bits per heavy atom. The highest BCUT2D eigenvalue weighted by Gasteiger charge is 2.29. The zero-order chi connectivity index (χ0) is 50.9. The van der Waals surface area contributed by atoms with E-state index in [9.17, 15) is 41.7 Å². The molecule has 18 heteroatoms. The number of Topliss-reactive ketones (excluding diaryl/α,β-unsaturated/α-hetero) is 1. The fraction of sp³-hybridized carbons (Fsp3) is 0.725. The average Bonchev–Trinajstić information content (AvgIpc) is 3.71. The van der Waals surface area contributed by atoms with Crippen LogP contribution in [0, 0.1) is 5.92 Å². The molecule has 1 aromatic heterocycles. The summed E-state index contributed by atoms with van der Waals surface area (Å²) in [5.74, 6) is -3.46. The van der Waals surface area contributed by atoms with Crippen LogP contribution in [0.5, 0.6) is 0 Å². The third kappa shape index (κ3) is 28.2. The zero-order valence-corrected chi connectivity index (χ0v) is 43.0. The minimum absolute atomic E-state index is 0.00807. The molecule has 0 fully saturated rings. The molecule has 0 radical (unpaired) electrons. The van der Waals surface area contributed by atoms with Crippen molar-refractivity contribution in [3.63, 3.8) is 0 Å². The van der Waals surface area contributed by atoms with Gasteiger partial charge in [0.2, 0.25) is 23.6 Å². The molecule has 17 nitrogen and oxygen atoms in total. The fourth-order valence-corrected chi connectivity index (χ4v) is 8.43. The first-order chi connectivity index (χ1) is 33.1. The van der Waals surface area contributed by atoms with Gasteiger partial charge in [-0.25, -0.2) is 4.18 Å². The number of hydrogen-bond donors (Lipinski definition) is 6. The molecular formula is C51H85N5O12S. The molecule has 0 aliphatic carbocycles. The smallest absolute Gasteiger partial charge is 0.397 e. The molecule has 0 aliphatic heterocycles. The third-order valence-corrected chi connectivity index (χ3v) is 12.8. The number of para-hydroxylation sites is 1. The number of fused-ring (bicyclic) bond motifs is 1. The summed E-state index contributed by atoms with van der Waals surface area (Å²) in [7, 11) is -5.01. The molecule has 0 saturated carbocycles. The first kappa shape index (κ1) is 60.7. The van der Waals surface area contributed by atoms with Crippen molar-refractivity contribution in [2.24, 2.45) is 5.92 Å². The molecule has 4 amide bonds. The van der Waals surface area contributed by atoms with Gasteiger partial charge in [-0.3, -0.25) is 33.3 Å². The fourth-order valence-electron chi connectivity index (χ4n) is 8.12. The van der Waals surface area contributed by atoms with E-state index >= 15 is 0 Å². The summed E-state index contributed by atoms with van der Waals surface area (Å²) < 4.78 is 48.5. The first-order valence-electron chi connectivity index (χ1n) is 25.7. The maximum Gasteiger partial charge on any atom is 0.397 e. The maximum atomic E-state index is 13.7. The Morgan fingerprint density at radius 1 is 0.710 bits per heavy atom. The van der Waals surface area contributed by atoms with Crippen LogP contribution in [-0.2, 0) is 59.2 Å². The third-order valence-electron chi connectivity index (χ3n) is 12.3. The number of nitrogens with one attached hydrogen (secondary N) is 5. The van der Waals surface area contributed by atoms with Crippen molar-refractivity contribution >= 4 is 56.7 Å². The van der Waals surface area contributed by atoms with Crippen molar-refractivity contribution in [2.75, 3.05) is 26.4 Å². The van der Waals surface area contributed by atoms with E-state index in [1.54, 1.807) is 13.1 Å². The van der Waals surface area contributed by atoms with Crippen LogP contribution in [0.15, 0.2) is 30.5 Å². The number of aromatic nitrogens is 1. The number of amides is 4. The number of carbonyl (C=O) groups is 6. The summed E-state index contributed by atoms with van der Waals surface area (Å²) in [6, 6.07) is 4.32.